The minimum absolute atomic E-state index is 0.227. The Hall–Kier alpha value is -0.940. The Morgan fingerprint density at radius 2 is 2.29 bits per heavy atom. The topological polar surface area (TPSA) is 40.5 Å². The lowest BCUT2D eigenvalue weighted by Gasteiger charge is -2.30. The number of amides is 1. The molecule has 2 rings (SSSR count). The maximum absolute atomic E-state index is 13.3. The molecule has 0 unspecified atom stereocenters. The van der Waals surface area contributed by atoms with Crippen molar-refractivity contribution in [2.75, 3.05) is 13.1 Å². The normalized spacial score (nSPS) is 20.4. The van der Waals surface area contributed by atoms with Gasteiger partial charge >= 0.3 is 0 Å². The zero-order chi connectivity index (χ0) is 12.4. The van der Waals surface area contributed by atoms with Crippen LogP contribution >= 0.6 is 15.9 Å². The van der Waals surface area contributed by atoms with Crippen LogP contribution in [0.3, 0.4) is 0 Å². The lowest BCUT2D eigenvalue weighted by Crippen LogP contribution is -2.42. The second-order valence-corrected chi connectivity index (χ2v) is 5.03. The molecular weight excluding hydrogens is 289 g/mol. The van der Waals surface area contributed by atoms with Gasteiger partial charge in [0.2, 0.25) is 0 Å². The summed E-state index contributed by atoms with van der Waals surface area (Å²) in [6.07, 6.45) is 1.04. The molecule has 0 radical (unpaired) electrons. The average molecular weight is 302 g/mol. The number of aliphatic hydroxyl groups is 1. The summed E-state index contributed by atoms with van der Waals surface area (Å²) >= 11 is 3.04. The Balaban J connectivity index is 2.15. The largest absolute Gasteiger partial charge is 0.391 e. The van der Waals surface area contributed by atoms with E-state index in [9.17, 15) is 14.3 Å². The van der Waals surface area contributed by atoms with E-state index in [0.29, 0.717) is 23.1 Å². The second-order valence-electron chi connectivity index (χ2n) is 4.18. The monoisotopic (exact) mass is 301 g/mol. The van der Waals surface area contributed by atoms with Crippen LogP contribution in [0, 0.1) is 5.82 Å². The molecule has 5 heteroatoms. The maximum atomic E-state index is 13.3. The van der Waals surface area contributed by atoms with Crippen molar-refractivity contribution in [3.63, 3.8) is 0 Å². The van der Waals surface area contributed by atoms with Crippen molar-refractivity contribution in [2.45, 2.75) is 18.9 Å². The van der Waals surface area contributed by atoms with Crippen LogP contribution in [0.15, 0.2) is 22.7 Å². The highest BCUT2D eigenvalue weighted by atomic mass is 79.9. The molecular formula is C12H13BrFNO2. The zero-order valence-electron chi connectivity index (χ0n) is 9.20. The number of rotatable bonds is 1. The van der Waals surface area contributed by atoms with Gasteiger partial charge in [0, 0.05) is 18.7 Å². The van der Waals surface area contributed by atoms with E-state index in [4.69, 9.17) is 0 Å². The molecule has 0 aromatic heterocycles. The number of hydrogen-bond donors (Lipinski definition) is 1. The van der Waals surface area contributed by atoms with E-state index in [0.717, 1.165) is 12.8 Å². The first-order chi connectivity index (χ1) is 8.08. The van der Waals surface area contributed by atoms with Gasteiger partial charge in [-0.2, -0.15) is 0 Å². The summed E-state index contributed by atoms with van der Waals surface area (Å²) in [7, 11) is 0. The SMILES string of the molecule is O=C(c1ccc(Br)c(F)c1)N1CCC[C@H](O)C1. The molecule has 1 aromatic carbocycles. The molecule has 0 spiro atoms. The fourth-order valence-electron chi connectivity index (χ4n) is 1.95. The molecule has 1 aliphatic heterocycles. The minimum atomic E-state index is -0.465. The Morgan fingerprint density at radius 1 is 1.53 bits per heavy atom. The highest BCUT2D eigenvalue weighted by Gasteiger charge is 2.23. The van der Waals surface area contributed by atoms with E-state index < -0.39 is 11.9 Å². The minimum Gasteiger partial charge on any atom is -0.391 e. The van der Waals surface area contributed by atoms with Crippen LogP contribution in [0.2, 0.25) is 0 Å². The maximum Gasteiger partial charge on any atom is 0.254 e. The summed E-state index contributed by atoms with van der Waals surface area (Å²) in [6, 6.07) is 4.31. The molecule has 0 aliphatic carbocycles. The van der Waals surface area contributed by atoms with Crippen LogP contribution < -0.4 is 0 Å². The number of carbonyl (C=O) groups is 1. The van der Waals surface area contributed by atoms with Crippen molar-refractivity contribution in [1.82, 2.24) is 4.90 Å². The fourth-order valence-corrected chi connectivity index (χ4v) is 2.20. The predicted octanol–water partition coefficient (Wildman–Crippen LogP) is 2.19. The molecule has 1 fully saturated rings. The van der Waals surface area contributed by atoms with Crippen molar-refractivity contribution in [3.05, 3.63) is 34.1 Å². The summed E-state index contributed by atoms with van der Waals surface area (Å²) in [5.41, 5.74) is 0.319. The molecule has 1 atom stereocenters. The van der Waals surface area contributed by atoms with Crippen LogP contribution in [-0.4, -0.2) is 35.1 Å². The number of hydrogen-bond acceptors (Lipinski definition) is 2. The summed E-state index contributed by atoms with van der Waals surface area (Å²) in [5.74, 6) is -0.677. The van der Waals surface area contributed by atoms with Crippen LogP contribution in [-0.2, 0) is 0 Å². The number of carbonyl (C=O) groups excluding carboxylic acids is 1. The van der Waals surface area contributed by atoms with Gasteiger partial charge in [-0.1, -0.05) is 0 Å². The van der Waals surface area contributed by atoms with Gasteiger partial charge in [0.1, 0.15) is 5.82 Å². The lowest BCUT2D eigenvalue weighted by molar-refractivity contribution is 0.0473. The number of likely N-dealkylation sites (tertiary alicyclic amines) is 1. The van der Waals surface area contributed by atoms with E-state index >= 15 is 0 Å². The molecule has 1 aromatic rings. The number of nitrogens with zero attached hydrogens (tertiary/aromatic N) is 1. The third-order valence-corrected chi connectivity index (χ3v) is 3.49. The fraction of sp³-hybridized carbons (Fsp3) is 0.417. The van der Waals surface area contributed by atoms with Crippen LogP contribution in [0.25, 0.3) is 0 Å². The Labute approximate surface area is 107 Å². The summed E-state index contributed by atoms with van der Waals surface area (Å²) in [5, 5.41) is 9.50. The number of halogens is 2. The predicted molar refractivity (Wildman–Crippen MR) is 65.2 cm³/mol. The van der Waals surface area contributed by atoms with Crippen LogP contribution in [0.1, 0.15) is 23.2 Å². The van der Waals surface area contributed by atoms with Gasteiger partial charge in [0.25, 0.3) is 5.91 Å². The number of benzene rings is 1. The number of piperidine rings is 1. The Morgan fingerprint density at radius 3 is 2.94 bits per heavy atom. The summed E-state index contributed by atoms with van der Waals surface area (Å²) in [6.45, 7) is 0.949. The first kappa shape index (κ1) is 12.5. The van der Waals surface area contributed by atoms with Gasteiger partial charge in [0.15, 0.2) is 0 Å². The van der Waals surface area contributed by atoms with E-state index in [1.54, 1.807) is 11.0 Å². The van der Waals surface area contributed by atoms with Crippen molar-refractivity contribution in [2.24, 2.45) is 0 Å². The van der Waals surface area contributed by atoms with Gasteiger partial charge in [0.05, 0.1) is 10.6 Å². The quantitative estimate of drug-likeness (QED) is 0.864. The van der Waals surface area contributed by atoms with E-state index in [2.05, 4.69) is 15.9 Å². The van der Waals surface area contributed by atoms with Crippen LogP contribution in [0.5, 0.6) is 0 Å². The van der Waals surface area contributed by atoms with E-state index in [-0.39, 0.29) is 5.91 Å². The highest BCUT2D eigenvalue weighted by Crippen LogP contribution is 2.19. The van der Waals surface area contributed by atoms with Crippen molar-refractivity contribution in [3.8, 4) is 0 Å². The van der Waals surface area contributed by atoms with Gasteiger partial charge in [-0.3, -0.25) is 4.79 Å². The molecule has 92 valence electrons. The standard InChI is InChI=1S/C12H13BrFNO2/c13-10-4-3-8(6-11(10)14)12(17)15-5-1-2-9(16)7-15/h3-4,6,9,16H,1-2,5,7H2/t9-/m0/s1. The molecule has 1 heterocycles. The van der Waals surface area contributed by atoms with Crippen molar-refractivity contribution >= 4 is 21.8 Å². The molecule has 0 bridgehead atoms. The Kier molecular flexibility index (Phi) is 3.79. The lowest BCUT2D eigenvalue weighted by atomic mass is 10.1. The molecule has 1 amide bonds. The first-order valence-electron chi connectivity index (χ1n) is 5.50. The third-order valence-electron chi connectivity index (χ3n) is 2.85. The third kappa shape index (κ3) is 2.84. The van der Waals surface area contributed by atoms with Gasteiger partial charge in [-0.05, 0) is 47.0 Å². The summed E-state index contributed by atoms with van der Waals surface area (Å²) in [4.78, 5) is 13.6. The molecule has 0 saturated carbocycles. The molecule has 3 nitrogen and oxygen atoms in total. The van der Waals surface area contributed by atoms with Gasteiger partial charge in [-0.15, -0.1) is 0 Å². The first-order valence-corrected chi connectivity index (χ1v) is 6.29. The van der Waals surface area contributed by atoms with Gasteiger partial charge < -0.3 is 10.0 Å². The zero-order valence-corrected chi connectivity index (χ0v) is 10.8. The van der Waals surface area contributed by atoms with E-state index in [1.807, 2.05) is 0 Å². The molecule has 17 heavy (non-hydrogen) atoms. The smallest absolute Gasteiger partial charge is 0.254 e. The average Bonchev–Trinajstić information content (AvgIpc) is 2.32. The van der Waals surface area contributed by atoms with Gasteiger partial charge in [-0.25, -0.2) is 4.39 Å². The summed E-state index contributed by atoms with van der Waals surface area (Å²) < 4.78 is 13.7. The van der Waals surface area contributed by atoms with Crippen molar-refractivity contribution in [1.29, 1.82) is 0 Å². The van der Waals surface area contributed by atoms with Crippen molar-refractivity contribution < 1.29 is 14.3 Å². The Bertz CT molecular complexity index is 439. The highest BCUT2D eigenvalue weighted by molar-refractivity contribution is 9.10. The molecule has 1 aliphatic rings. The molecule has 1 N–H and O–H groups in total. The number of aliphatic hydroxyl groups excluding tert-OH is 1. The van der Waals surface area contributed by atoms with Crippen LogP contribution in [0.4, 0.5) is 4.39 Å². The second kappa shape index (κ2) is 5.14. The molecule has 1 saturated heterocycles. The van der Waals surface area contributed by atoms with E-state index in [1.165, 1.54) is 12.1 Å². The number of β-amino-alcohol motifs (C(OH)–C–C–N with tert-alkyl or cyclic N) is 1.